The lowest BCUT2D eigenvalue weighted by Crippen LogP contribution is -2.41. The summed E-state index contributed by atoms with van der Waals surface area (Å²) in [5.74, 6) is 0.497. The van der Waals surface area contributed by atoms with Crippen LogP contribution in [0.3, 0.4) is 0 Å². The van der Waals surface area contributed by atoms with Crippen molar-refractivity contribution < 1.29 is 9.59 Å². The predicted octanol–water partition coefficient (Wildman–Crippen LogP) is 6.36. The lowest BCUT2D eigenvalue weighted by molar-refractivity contribution is -0.119. The number of nitrogens with zero attached hydrogens (tertiary/aromatic N) is 2. The van der Waals surface area contributed by atoms with Gasteiger partial charge in [-0.1, -0.05) is 55.0 Å². The Morgan fingerprint density at radius 2 is 1.37 bits per heavy atom. The van der Waals surface area contributed by atoms with Crippen LogP contribution in [0.5, 0.6) is 0 Å². The van der Waals surface area contributed by atoms with Gasteiger partial charge in [0, 0.05) is 50.1 Å². The number of rotatable bonds is 10. The first-order valence-corrected chi connectivity index (χ1v) is 13.5. The highest BCUT2D eigenvalue weighted by atomic mass is 16.2. The number of carbonyl (C=O) groups is 2. The molecule has 2 aliphatic rings. The van der Waals surface area contributed by atoms with Crippen LogP contribution in [0.25, 0.3) is 5.57 Å². The van der Waals surface area contributed by atoms with Gasteiger partial charge in [-0.15, -0.1) is 0 Å². The molecule has 2 heterocycles. The zero-order valence-corrected chi connectivity index (χ0v) is 21.6. The van der Waals surface area contributed by atoms with Gasteiger partial charge in [0.25, 0.3) is 5.91 Å². The molecular weight excluding hydrogens is 432 g/mol. The van der Waals surface area contributed by atoms with Crippen LogP contribution in [-0.4, -0.2) is 53.2 Å². The van der Waals surface area contributed by atoms with E-state index >= 15 is 0 Å². The molecule has 2 atom stereocenters. The van der Waals surface area contributed by atoms with E-state index in [0.717, 1.165) is 44.5 Å². The normalized spacial score (nSPS) is 19.6. The molecule has 35 heavy (non-hydrogen) atoms. The van der Waals surface area contributed by atoms with Gasteiger partial charge in [-0.25, -0.2) is 0 Å². The molecule has 0 aliphatic carbocycles. The van der Waals surface area contributed by atoms with Crippen molar-refractivity contribution in [3.05, 3.63) is 76.9 Å². The van der Waals surface area contributed by atoms with E-state index in [1.54, 1.807) is 0 Å². The number of amides is 1. The fraction of sp³-hybridized carbons (Fsp3) is 0.484. The minimum atomic E-state index is 0.0967. The highest BCUT2D eigenvalue weighted by Crippen LogP contribution is 2.43. The SMILES string of the molecule is CCCC(=O)CCN1C2CCC1CC(=C(c1ccccc1)c1ccc(C(=O)N(CC)CC)cc1)C2. The summed E-state index contributed by atoms with van der Waals surface area (Å²) in [5.41, 5.74) is 6.03. The van der Waals surface area contributed by atoms with Gasteiger partial charge in [0.2, 0.25) is 0 Å². The van der Waals surface area contributed by atoms with Crippen molar-refractivity contribution in [1.82, 2.24) is 9.80 Å². The molecular formula is C31H40N2O2. The number of hydrogen-bond donors (Lipinski definition) is 0. The summed E-state index contributed by atoms with van der Waals surface area (Å²) >= 11 is 0. The van der Waals surface area contributed by atoms with E-state index in [-0.39, 0.29) is 5.91 Å². The Morgan fingerprint density at radius 3 is 1.94 bits per heavy atom. The zero-order valence-electron chi connectivity index (χ0n) is 21.6. The molecule has 0 N–H and O–H groups in total. The van der Waals surface area contributed by atoms with Crippen LogP contribution in [0.15, 0.2) is 60.2 Å². The summed E-state index contributed by atoms with van der Waals surface area (Å²) in [4.78, 5) is 29.5. The van der Waals surface area contributed by atoms with Gasteiger partial charge in [0.15, 0.2) is 0 Å². The minimum Gasteiger partial charge on any atom is -0.339 e. The maximum absolute atomic E-state index is 12.8. The van der Waals surface area contributed by atoms with E-state index in [2.05, 4.69) is 54.3 Å². The largest absolute Gasteiger partial charge is 0.339 e. The van der Waals surface area contributed by atoms with Gasteiger partial charge >= 0.3 is 0 Å². The molecule has 2 fully saturated rings. The highest BCUT2D eigenvalue weighted by Gasteiger charge is 2.39. The predicted molar refractivity (Wildman–Crippen MR) is 143 cm³/mol. The number of hydrogen-bond acceptors (Lipinski definition) is 3. The fourth-order valence-corrected chi connectivity index (χ4v) is 5.98. The van der Waals surface area contributed by atoms with Crippen LogP contribution in [0.1, 0.15) is 87.2 Å². The average Bonchev–Trinajstić information content (AvgIpc) is 3.12. The summed E-state index contributed by atoms with van der Waals surface area (Å²) in [5, 5.41) is 0. The summed E-state index contributed by atoms with van der Waals surface area (Å²) in [6, 6.07) is 20.0. The molecule has 0 aromatic heterocycles. The number of fused-ring (bicyclic) bond motifs is 2. The maximum atomic E-state index is 12.8. The Kier molecular flexibility index (Phi) is 8.56. The number of carbonyl (C=O) groups excluding carboxylic acids is 2. The molecule has 2 saturated heterocycles. The molecule has 2 aliphatic heterocycles. The highest BCUT2D eigenvalue weighted by molar-refractivity contribution is 5.95. The van der Waals surface area contributed by atoms with Crippen LogP contribution in [0, 0.1) is 0 Å². The van der Waals surface area contributed by atoms with Crippen LogP contribution in [0.2, 0.25) is 0 Å². The van der Waals surface area contributed by atoms with E-state index < -0.39 is 0 Å². The third-order valence-electron chi connectivity index (χ3n) is 7.80. The number of benzene rings is 2. The molecule has 2 aromatic carbocycles. The Bertz CT molecular complexity index is 1020. The number of Topliss-reactive ketones (excluding diaryl/α,β-unsaturated/α-hetero) is 1. The lowest BCUT2D eigenvalue weighted by Gasteiger charge is -2.37. The van der Waals surface area contributed by atoms with Crippen LogP contribution < -0.4 is 0 Å². The van der Waals surface area contributed by atoms with Crippen molar-refractivity contribution in [2.24, 2.45) is 0 Å². The molecule has 0 radical (unpaired) electrons. The minimum absolute atomic E-state index is 0.0967. The summed E-state index contributed by atoms with van der Waals surface area (Å²) < 4.78 is 0. The van der Waals surface area contributed by atoms with Gasteiger partial charge in [-0.2, -0.15) is 0 Å². The van der Waals surface area contributed by atoms with Crippen molar-refractivity contribution >= 4 is 17.3 Å². The van der Waals surface area contributed by atoms with E-state index in [0.29, 0.717) is 30.7 Å². The van der Waals surface area contributed by atoms with Crippen LogP contribution >= 0.6 is 0 Å². The molecule has 0 spiro atoms. The number of ketones is 1. The first-order valence-electron chi connectivity index (χ1n) is 13.5. The maximum Gasteiger partial charge on any atom is 0.253 e. The molecule has 2 bridgehead atoms. The standard InChI is InChI=1S/C31H40N2O2/c1-4-10-29(34)19-20-33-27-17-18-28(33)22-26(21-27)30(23-11-8-7-9-12-23)24-13-15-25(16-14-24)31(35)32(5-2)6-3/h7-9,11-16,27-28H,4-6,10,17-22H2,1-3H3. The Balaban J connectivity index is 1.61. The third-order valence-corrected chi connectivity index (χ3v) is 7.80. The monoisotopic (exact) mass is 472 g/mol. The first-order chi connectivity index (χ1) is 17.0. The van der Waals surface area contributed by atoms with Gasteiger partial charge in [-0.05, 0) is 74.8 Å². The summed E-state index contributed by atoms with van der Waals surface area (Å²) in [6.07, 6.45) is 6.89. The van der Waals surface area contributed by atoms with Crippen molar-refractivity contribution in [2.45, 2.75) is 77.8 Å². The molecule has 4 heteroatoms. The van der Waals surface area contributed by atoms with Crippen molar-refractivity contribution in [3.63, 3.8) is 0 Å². The Hall–Kier alpha value is -2.72. The van der Waals surface area contributed by atoms with E-state index in [9.17, 15) is 9.59 Å². The van der Waals surface area contributed by atoms with E-state index in [1.807, 2.05) is 30.9 Å². The second-order valence-corrected chi connectivity index (χ2v) is 9.97. The van der Waals surface area contributed by atoms with Crippen molar-refractivity contribution in [3.8, 4) is 0 Å². The lowest BCUT2D eigenvalue weighted by atomic mass is 9.85. The van der Waals surface area contributed by atoms with Crippen molar-refractivity contribution in [1.29, 1.82) is 0 Å². The molecule has 4 nitrogen and oxygen atoms in total. The smallest absolute Gasteiger partial charge is 0.253 e. The second-order valence-electron chi connectivity index (χ2n) is 9.97. The molecule has 2 unspecified atom stereocenters. The third kappa shape index (κ3) is 5.75. The fourth-order valence-electron chi connectivity index (χ4n) is 5.98. The molecule has 186 valence electrons. The van der Waals surface area contributed by atoms with Gasteiger partial charge in [-0.3, -0.25) is 14.5 Å². The Labute approximate surface area is 211 Å². The molecule has 2 aromatic rings. The van der Waals surface area contributed by atoms with Crippen molar-refractivity contribution in [2.75, 3.05) is 19.6 Å². The first kappa shape index (κ1) is 25.4. The zero-order chi connectivity index (χ0) is 24.8. The van der Waals surface area contributed by atoms with Gasteiger partial charge < -0.3 is 4.90 Å². The Morgan fingerprint density at radius 1 is 0.800 bits per heavy atom. The number of piperidine rings is 1. The topological polar surface area (TPSA) is 40.6 Å². The van der Waals surface area contributed by atoms with E-state index in [1.165, 1.54) is 35.1 Å². The van der Waals surface area contributed by atoms with Gasteiger partial charge in [0.1, 0.15) is 5.78 Å². The molecule has 0 saturated carbocycles. The van der Waals surface area contributed by atoms with E-state index in [4.69, 9.17) is 0 Å². The second kappa shape index (κ2) is 11.8. The van der Waals surface area contributed by atoms with Gasteiger partial charge in [0.05, 0.1) is 0 Å². The average molecular weight is 473 g/mol. The van der Waals surface area contributed by atoms with Crippen LogP contribution in [0.4, 0.5) is 0 Å². The molecule has 4 rings (SSSR count). The van der Waals surface area contributed by atoms with Crippen LogP contribution in [-0.2, 0) is 4.79 Å². The molecule has 1 amide bonds. The summed E-state index contributed by atoms with van der Waals surface area (Å²) in [6.45, 7) is 8.47. The quantitative estimate of drug-likeness (QED) is 0.404. The summed E-state index contributed by atoms with van der Waals surface area (Å²) in [7, 11) is 0.